The lowest BCUT2D eigenvalue weighted by Crippen LogP contribution is -2.37. The van der Waals surface area contributed by atoms with Crippen molar-refractivity contribution in [2.45, 2.75) is 38.2 Å². The van der Waals surface area contributed by atoms with E-state index in [4.69, 9.17) is 5.73 Å². The number of alkyl halides is 2. The number of anilines is 1. The third-order valence-electron chi connectivity index (χ3n) is 5.61. The molecule has 0 amide bonds. The first-order valence-corrected chi connectivity index (χ1v) is 9.95. The first-order valence-electron chi connectivity index (χ1n) is 9.95. The lowest BCUT2D eigenvalue weighted by molar-refractivity contribution is -0.103. The van der Waals surface area contributed by atoms with Crippen molar-refractivity contribution in [2.24, 2.45) is 0 Å². The third kappa shape index (κ3) is 3.26. The van der Waals surface area contributed by atoms with Gasteiger partial charge in [-0.2, -0.15) is 0 Å². The lowest BCUT2D eigenvalue weighted by Gasteiger charge is -2.36. The van der Waals surface area contributed by atoms with Gasteiger partial charge in [0.2, 0.25) is 5.95 Å². The Morgan fingerprint density at radius 2 is 1.90 bits per heavy atom. The predicted molar refractivity (Wildman–Crippen MR) is 109 cm³/mol. The Hall–Kier alpha value is -3.14. The van der Waals surface area contributed by atoms with Gasteiger partial charge < -0.3 is 15.6 Å². The summed E-state index contributed by atoms with van der Waals surface area (Å²) in [4.78, 5) is 12.9. The minimum absolute atomic E-state index is 0.161. The van der Waals surface area contributed by atoms with Crippen molar-refractivity contribution in [3.05, 3.63) is 36.5 Å². The van der Waals surface area contributed by atoms with Gasteiger partial charge in [0.05, 0.1) is 17.2 Å². The zero-order valence-corrected chi connectivity index (χ0v) is 16.5. The predicted octanol–water partition coefficient (Wildman–Crippen LogP) is 2.98. The Morgan fingerprint density at radius 1 is 1.17 bits per heavy atom. The van der Waals surface area contributed by atoms with Crippen LogP contribution in [0.4, 0.5) is 14.7 Å². The van der Waals surface area contributed by atoms with Crippen LogP contribution in [0, 0.1) is 6.92 Å². The van der Waals surface area contributed by atoms with Gasteiger partial charge in [-0.1, -0.05) is 0 Å². The maximum Gasteiger partial charge on any atom is 0.252 e. The van der Waals surface area contributed by atoms with Crippen LogP contribution in [0.5, 0.6) is 0 Å². The van der Waals surface area contributed by atoms with Crippen molar-refractivity contribution in [3.63, 3.8) is 0 Å². The average Bonchev–Trinajstić information content (AvgIpc) is 3.17. The smallest absolute Gasteiger partial charge is 0.252 e. The maximum absolute atomic E-state index is 13.3. The van der Waals surface area contributed by atoms with Crippen LogP contribution >= 0.6 is 0 Å². The number of halogens is 2. The molecule has 2 fully saturated rings. The molecule has 30 heavy (non-hydrogen) atoms. The van der Waals surface area contributed by atoms with E-state index in [-0.39, 0.29) is 24.8 Å². The number of nitrogen functional groups attached to an aromatic ring is 1. The highest BCUT2D eigenvalue weighted by molar-refractivity contribution is 5.85. The van der Waals surface area contributed by atoms with Crippen molar-refractivity contribution in [3.8, 4) is 11.1 Å². The second kappa shape index (κ2) is 6.98. The summed E-state index contributed by atoms with van der Waals surface area (Å²) in [6.45, 7) is 4.32. The summed E-state index contributed by atoms with van der Waals surface area (Å²) in [7, 11) is 0. The molecule has 1 aliphatic carbocycles. The average molecular weight is 412 g/mol. The molecule has 1 saturated heterocycles. The highest BCUT2D eigenvalue weighted by atomic mass is 19.3. The third-order valence-corrected chi connectivity index (χ3v) is 5.61. The Kier molecular flexibility index (Phi) is 4.39. The molecular formula is C20H22F2N8. The van der Waals surface area contributed by atoms with Crippen molar-refractivity contribution in [2.75, 3.05) is 18.8 Å². The molecule has 1 aliphatic heterocycles. The van der Waals surface area contributed by atoms with E-state index in [1.807, 2.05) is 23.6 Å². The van der Waals surface area contributed by atoms with E-state index in [2.05, 4.69) is 25.4 Å². The van der Waals surface area contributed by atoms with Gasteiger partial charge in [0.1, 0.15) is 5.82 Å². The summed E-state index contributed by atoms with van der Waals surface area (Å²) in [5.41, 5.74) is 9.47. The van der Waals surface area contributed by atoms with Crippen LogP contribution in [-0.2, 0) is 0 Å². The molecular weight excluding hydrogens is 390 g/mol. The molecule has 2 aliphatic rings. The van der Waals surface area contributed by atoms with Crippen LogP contribution in [0.1, 0.15) is 31.1 Å². The fraction of sp³-hybridized carbons (Fsp3) is 0.400. The van der Waals surface area contributed by atoms with Crippen LogP contribution in [0.25, 0.3) is 27.8 Å². The number of aromatic nitrogens is 6. The van der Waals surface area contributed by atoms with E-state index >= 15 is 0 Å². The van der Waals surface area contributed by atoms with Gasteiger partial charge in [-0.25, -0.2) is 28.2 Å². The molecule has 6 rings (SSSR count). The molecule has 4 aromatic rings. The van der Waals surface area contributed by atoms with E-state index in [0.717, 1.165) is 22.2 Å². The number of hydrogen-bond acceptors (Lipinski definition) is 6. The van der Waals surface area contributed by atoms with Crippen LogP contribution in [-0.4, -0.2) is 48.1 Å². The van der Waals surface area contributed by atoms with E-state index in [1.54, 1.807) is 23.1 Å². The van der Waals surface area contributed by atoms with Crippen LogP contribution in [0.3, 0.4) is 0 Å². The van der Waals surface area contributed by atoms with E-state index in [1.165, 1.54) is 19.5 Å². The molecule has 0 bridgehead atoms. The molecule has 1 saturated carbocycles. The first-order chi connectivity index (χ1) is 14.4. The largest absolute Gasteiger partial charge is 0.367 e. The molecule has 0 radical (unpaired) electrons. The standard InChI is InChI=1S/C17H15F2N7.C3H7N/c1-9-23-15-13(26(9)11-5-17(18,19)6-11)4-10(7-21-15)12-2-3-25-14(12)8-22-16(20)24-25;1-2-4-3-1/h2-4,7-8,11H,5-6H2,1H3,(H2,20,24);4H,1-3H2. The monoisotopic (exact) mass is 412 g/mol. The van der Waals surface area contributed by atoms with Gasteiger partial charge in [-0.3, -0.25) is 0 Å². The minimum atomic E-state index is -2.59. The molecule has 0 atom stereocenters. The molecule has 4 aromatic heterocycles. The molecule has 3 N–H and O–H groups in total. The second-order valence-electron chi connectivity index (χ2n) is 7.79. The molecule has 0 aromatic carbocycles. The minimum Gasteiger partial charge on any atom is -0.367 e. The maximum atomic E-state index is 13.3. The number of hydrogen-bond donors (Lipinski definition) is 2. The van der Waals surface area contributed by atoms with E-state index < -0.39 is 5.92 Å². The van der Waals surface area contributed by atoms with Gasteiger partial charge in [0.25, 0.3) is 5.92 Å². The number of fused-ring (bicyclic) bond motifs is 2. The van der Waals surface area contributed by atoms with Gasteiger partial charge in [-0.05, 0) is 38.6 Å². The molecule has 8 nitrogen and oxygen atoms in total. The highest BCUT2D eigenvalue weighted by Gasteiger charge is 2.47. The van der Waals surface area contributed by atoms with E-state index in [9.17, 15) is 8.78 Å². The lowest BCUT2D eigenvalue weighted by atomic mass is 9.87. The number of aryl methyl sites for hydroxylation is 1. The number of pyridine rings is 1. The zero-order valence-electron chi connectivity index (χ0n) is 16.5. The molecule has 5 heterocycles. The van der Waals surface area contributed by atoms with Crippen molar-refractivity contribution in [1.82, 2.24) is 34.4 Å². The van der Waals surface area contributed by atoms with Gasteiger partial charge in [-0.15, -0.1) is 5.10 Å². The number of rotatable bonds is 2. The SMILES string of the molecule is C1CNC1.Cc1nc2ncc(-c3ccn4nc(N)ncc34)cc2n1C1CC(F)(F)C1. The number of nitrogens with two attached hydrogens (primary N) is 1. The molecule has 156 valence electrons. The van der Waals surface area contributed by atoms with Crippen LogP contribution in [0.2, 0.25) is 0 Å². The van der Waals surface area contributed by atoms with Gasteiger partial charge >= 0.3 is 0 Å². The molecule has 10 heteroatoms. The summed E-state index contributed by atoms with van der Waals surface area (Å²) in [6.07, 6.45) is 6.23. The van der Waals surface area contributed by atoms with Crippen molar-refractivity contribution in [1.29, 1.82) is 0 Å². The van der Waals surface area contributed by atoms with Gasteiger partial charge in [0.15, 0.2) is 5.65 Å². The highest BCUT2D eigenvalue weighted by Crippen LogP contribution is 2.47. The summed E-state index contributed by atoms with van der Waals surface area (Å²) in [6, 6.07) is 3.59. The van der Waals surface area contributed by atoms with Crippen LogP contribution < -0.4 is 11.1 Å². The Labute approximate surface area is 171 Å². The summed E-state index contributed by atoms with van der Waals surface area (Å²) < 4.78 is 30.2. The summed E-state index contributed by atoms with van der Waals surface area (Å²) in [5.74, 6) is -1.70. The van der Waals surface area contributed by atoms with Crippen molar-refractivity contribution < 1.29 is 8.78 Å². The van der Waals surface area contributed by atoms with Crippen molar-refractivity contribution >= 4 is 22.6 Å². The molecule has 0 unspecified atom stereocenters. The number of nitrogens with one attached hydrogen (secondary N) is 1. The quantitative estimate of drug-likeness (QED) is 0.525. The molecule has 0 spiro atoms. The number of nitrogens with zero attached hydrogens (tertiary/aromatic N) is 6. The Morgan fingerprint density at radius 3 is 2.57 bits per heavy atom. The number of imidazole rings is 1. The van der Waals surface area contributed by atoms with E-state index in [0.29, 0.717) is 11.5 Å². The first kappa shape index (κ1) is 18.9. The summed E-state index contributed by atoms with van der Waals surface area (Å²) in [5, 5.41) is 7.25. The normalized spacial score (nSPS) is 18.0. The Balaban J connectivity index is 0.000000434. The van der Waals surface area contributed by atoms with Gasteiger partial charge in [0, 0.05) is 42.4 Å². The Bertz CT molecular complexity index is 1210. The summed E-state index contributed by atoms with van der Waals surface area (Å²) >= 11 is 0. The fourth-order valence-corrected chi connectivity index (χ4v) is 3.85. The zero-order chi connectivity index (χ0) is 20.9. The topological polar surface area (TPSA) is 98.9 Å². The second-order valence-corrected chi connectivity index (χ2v) is 7.79. The fourth-order valence-electron chi connectivity index (χ4n) is 3.85. The van der Waals surface area contributed by atoms with Crippen LogP contribution in [0.15, 0.2) is 30.7 Å².